The fourth-order valence-electron chi connectivity index (χ4n) is 3.22. The van der Waals surface area contributed by atoms with Crippen molar-refractivity contribution in [1.29, 1.82) is 0 Å². The molecule has 0 spiro atoms. The van der Waals surface area contributed by atoms with Crippen LogP contribution in [0.3, 0.4) is 0 Å². The van der Waals surface area contributed by atoms with Gasteiger partial charge in [0.2, 0.25) is 0 Å². The Morgan fingerprint density at radius 3 is 2.44 bits per heavy atom. The van der Waals surface area contributed by atoms with E-state index in [1.807, 2.05) is 48.5 Å². The molecule has 0 saturated carbocycles. The molecule has 0 unspecified atom stereocenters. The third kappa shape index (κ3) is 5.58. The minimum Gasteiger partial charge on any atom is -0.484 e. The molecule has 5 heteroatoms. The summed E-state index contributed by atoms with van der Waals surface area (Å²) in [6.45, 7) is 3.61. The molecule has 1 aliphatic rings. The molecule has 0 bridgehead atoms. The van der Waals surface area contributed by atoms with Crippen LogP contribution in [0, 0.1) is 0 Å². The predicted octanol–water partition coefficient (Wildman–Crippen LogP) is 3.83. The van der Waals surface area contributed by atoms with Crippen LogP contribution in [0.5, 0.6) is 5.75 Å². The van der Waals surface area contributed by atoms with E-state index < -0.39 is 0 Å². The number of hydrogen-bond donors (Lipinski definition) is 1. The maximum absolute atomic E-state index is 12.3. The highest BCUT2D eigenvalue weighted by atomic mass is 16.5. The molecule has 1 heterocycles. The molecule has 0 radical (unpaired) electrons. The number of Topliss-reactive ketones (excluding diaryl/α,β-unsaturated/α-hetero) is 1. The third-order valence-corrected chi connectivity index (χ3v) is 4.68. The molecule has 1 aliphatic heterocycles. The Morgan fingerprint density at radius 2 is 1.74 bits per heavy atom. The lowest BCUT2D eigenvalue weighted by Gasteiger charge is -2.21. The number of anilines is 2. The SMILES string of the molecule is CC(=O)CCc1ccc(OCC(=O)Nc2ccccc2N2CCCC2)cc1. The van der Waals surface area contributed by atoms with Crippen molar-refractivity contribution >= 4 is 23.1 Å². The number of nitrogens with one attached hydrogen (secondary N) is 1. The smallest absolute Gasteiger partial charge is 0.262 e. The highest BCUT2D eigenvalue weighted by molar-refractivity contribution is 5.95. The molecule has 1 N–H and O–H groups in total. The van der Waals surface area contributed by atoms with Crippen LogP contribution < -0.4 is 15.0 Å². The number of benzene rings is 2. The lowest BCUT2D eigenvalue weighted by molar-refractivity contribution is -0.118. The van der Waals surface area contributed by atoms with Crippen LogP contribution in [0.15, 0.2) is 48.5 Å². The second-order valence-corrected chi connectivity index (χ2v) is 6.89. The Morgan fingerprint density at radius 1 is 1.04 bits per heavy atom. The van der Waals surface area contributed by atoms with E-state index in [1.165, 1.54) is 12.8 Å². The minimum atomic E-state index is -0.178. The van der Waals surface area contributed by atoms with Crippen molar-refractivity contribution in [2.75, 3.05) is 29.9 Å². The van der Waals surface area contributed by atoms with E-state index >= 15 is 0 Å². The molecule has 27 heavy (non-hydrogen) atoms. The van der Waals surface area contributed by atoms with Gasteiger partial charge in [0.25, 0.3) is 5.91 Å². The Kier molecular flexibility index (Phi) is 6.47. The summed E-state index contributed by atoms with van der Waals surface area (Å²) < 4.78 is 5.59. The number of rotatable bonds is 8. The molecule has 0 atom stereocenters. The van der Waals surface area contributed by atoms with Gasteiger partial charge in [0.05, 0.1) is 11.4 Å². The van der Waals surface area contributed by atoms with E-state index in [2.05, 4.69) is 10.2 Å². The van der Waals surface area contributed by atoms with Gasteiger partial charge in [-0.1, -0.05) is 24.3 Å². The predicted molar refractivity (Wildman–Crippen MR) is 107 cm³/mol. The summed E-state index contributed by atoms with van der Waals surface area (Å²) in [4.78, 5) is 25.7. The molecule has 0 aromatic heterocycles. The van der Waals surface area contributed by atoms with Crippen molar-refractivity contribution in [2.24, 2.45) is 0 Å². The Hall–Kier alpha value is -2.82. The Balaban J connectivity index is 1.52. The molecule has 5 nitrogen and oxygen atoms in total. The molecule has 2 aromatic carbocycles. The number of para-hydroxylation sites is 2. The average molecular weight is 366 g/mol. The first kappa shape index (κ1) is 19.0. The Labute approximate surface area is 160 Å². The van der Waals surface area contributed by atoms with Gasteiger partial charge in [-0.15, -0.1) is 0 Å². The second-order valence-electron chi connectivity index (χ2n) is 6.89. The minimum absolute atomic E-state index is 0.0405. The summed E-state index contributed by atoms with van der Waals surface area (Å²) in [5, 5.41) is 2.96. The first-order valence-corrected chi connectivity index (χ1v) is 9.47. The van der Waals surface area contributed by atoms with Crippen LogP contribution in [0.1, 0.15) is 31.7 Å². The molecular weight excluding hydrogens is 340 g/mol. The number of nitrogens with zero attached hydrogens (tertiary/aromatic N) is 1. The van der Waals surface area contributed by atoms with Gasteiger partial charge in [-0.05, 0) is 56.0 Å². The van der Waals surface area contributed by atoms with Crippen LogP contribution in [0.25, 0.3) is 0 Å². The molecule has 2 aromatic rings. The van der Waals surface area contributed by atoms with Crippen molar-refractivity contribution < 1.29 is 14.3 Å². The topological polar surface area (TPSA) is 58.6 Å². The van der Waals surface area contributed by atoms with E-state index in [9.17, 15) is 9.59 Å². The number of ether oxygens (including phenoxy) is 1. The fraction of sp³-hybridized carbons (Fsp3) is 0.364. The standard InChI is InChI=1S/C22H26N2O3/c1-17(25)8-9-18-10-12-19(13-11-18)27-16-22(26)23-20-6-2-3-7-21(20)24-14-4-5-15-24/h2-3,6-7,10-13H,4-5,8-9,14-16H2,1H3,(H,23,26). The highest BCUT2D eigenvalue weighted by Crippen LogP contribution is 2.28. The Bertz CT molecular complexity index is 780. The van der Waals surface area contributed by atoms with Gasteiger partial charge in [-0.3, -0.25) is 4.79 Å². The number of hydrogen-bond acceptors (Lipinski definition) is 4. The van der Waals surface area contributed by atoms with Gasteiger partial charge in [0, 0.05) is 19.5 Å². The largest absolute Gasteiger partial charge is 0.484 e. The summed E-state index contributed by atoms with van der Waals surface area (Å²) in [6, 6.07) is 15.4. The molecule has 1 amide bonds. The monoisotopic (exact) mass is 366 g/mol. The van der Waals surface area contributed by atoms with Crippen molar-refractivity contribution in [3.8, 4) is 5.75 Å². The molecule has 3 rings (SSSR count). The van der Waals surface area contributed by atoms with Crippen molar-refractivity contribution in [3.63, 3.8) is 0 Å². The van der Waals surface area contributed by atoms with Gasteiger partial charge in [-0.25, -0.2) is 0 Å². The van der Waals surface area contributed by atoms with Gasteiger partial charge < -0.3 is 19.7 Å². The van der Waals surface area contributed by atoms with Gasteiger partial charge in [0.15, 0.2) is 6.61 Å². The van der Waals surface area contributed by atoms with Crippen LogP contribution in [0.4, 0.5) is 11.4 Å². The van der Waals surface area contributed by atoms with E-state index in [-0.39, 0.29) is 18.3 Å². The lowest BCUT2D eigenvalue weighted by atomic mass is 10.1. The number of carbonyl (C=O) groups excluding carboxylic acids is 2. The molecule has 142 valence electrons. The average Bonchev–Trinajstić information content (AvgIpc) is 3.20. The third-order valence-electron chi connectivity index (χ3n) is 4.68. The molecule has 1 saturated heterocycles. The first-order chi connectivity index (χ1) is 13.1. The lowest BCUT2D eigenvalue weighted by Crippen LogP contribution is -2.24. The van der Waals surface area contributed by atoms with Gasteiger partial charge in [-0.2, -0.15) is 0 Å². The number of amides is 1. The summed E-state index contributed by atoms with van der Waals surface area (Å²) in [5.41, 5.74) is 2.98. The van der Waals surface area contributed by atoms with Gasteiger partial charge in [0.1, 0.15) is 11.5 Å². The summed E-state index contributed by atoms with van der Waals surface area (Å²) >= 11 is 0. The molecule has 0 aliphatic carbocycles. The van der Waals surface area contributed by atoms with Crippen molar-refractivity contribution in [2.45, 2.75) is 32.6 Å². The molecular formula is C22H26N2O3. The van der Waals surface area contributed by atoms with Crippen LogP contribution in [-0.4, -0.2) is 31.4 Å². The van der Waals surface area contributed by atoms with E-state index in [0.717, 1.165) is 36.4 Å². The second kappa shape index (κ2) is 9.21. The normalized spacial score (nSPS) is 13.4. The van der Waals surface area contributed by atoms with Crippen molar-refractivity contribution in [1.82, 2.24) is 0 Å². The summed E-state index contributed by atoms with van der Waals surface area (Å²) in [5.74, 6) is 0.646. The zero-order valence-corrected chi connectivity index (χ0v) is 15.7. The van der Waals surface area contributed by atoms with E-state index in [0.29, 0.717) is 12.2 Å². The van der Waals surface area contributed by atoms with Crippen LogP contribution in [0.2, 0.25) is 0 Å². The molecule has 1 fully saturated rings. The number of ketones is 1. The fourth-order valence-corrected chi connectivity index (χ4v) is 3.22. The van der Waals surface area contributed by atoms with E-state index in [1.54, 1.807) is 6.92 Å². The summed E-state index contributed by atoms with van der Waals surface area (Å²) in [6.07, 6.45) is 3.64. The zero-order chi connectivity index (χ0) is 19.1. The maximum Gasteiger partial charge on any atom is 0.262 e. The maximum atomic E-state index is 12.3. The van der Waals surface area contributed by atoms with Gasteiger partial charge >= 0.3 is 0 Å². The number of carbonyl (C=O) groups is 2. The van der Waals surface area contributed by atoms with Crippen LogP contribution >= 0.6 is 0 Å². The number of aryl methyl sites for hydroxylation is 1. The summed E-state index contributed by atoms with van der Waals surface area (Å²) in [7, 11) is 0. The quantitative estimate of drug-likeness (QED) is 0.771. The van der Waals surface area contributed by atoms with Crippen molar-refractivity contribution in [3.05, 3.63) is 54.1 Å². The van der Waals surface area contributed by atoms with Crippen LogP contribution in [-0.2, 0) is 16.0 Å². The zero-order valence-electron chi connectivity index (χ0n) is 15.7. The highest BCUT2D eigenvalue weighted by Gasteiger charge is 2.16. The first-order valence-electron chi connectivity index (χ1n) is 9.47. The van der Waals surface area contributed by atoms with E-state index in [4.69, 9.17) is 4.74 Å².